The molecule has 0 saturated carbocycles. The lowest BCUT2D eigenvalue weighted by Crippen LogP contribution is -2.48. The molecule has 0 unspecified atom stereocenters. The fraction of sp³-hybridized carbons (Fsp3) is 0.909. The maximum Gasteiger partial charge on any atom is 0.323 e. The summed E-state index contributed by atoms with van der Waals surface area (Å²) in [7, 11) is 0. The quantitative estimate of drug-likeness (QED) is 0.683. The van der Waals surface area contributed by atoms with Crippen LogP contribution >= 0.6 is 13.5 Å². The Kier molecular flexibility index (Phi) is 5.67. The molecule has 0 aromatic heterocycles. The van der Waals surface area contributed by atoms with Gasteiger partial charge in [0.05, 0.1) is 6.61 Å². The Morgan fingerprint density at radius 2 is 2.07 bits per heavy atom. The molecule has 0 N–H and O–H groups in total. The van der Waals surface area contributed by atoms with Gasteiger partial charge in [-0.1, -0.05) is 0 Å². The molecule has 0 aliphatic carbocycles. The first-order valence-electron chi connectivity index (χ1n) is 5.40. The predicted octanol–water partition coefficient (Wildman–Crippen LogP) is 1.93. The van der Waals surface area contributed by atoms with Gasteiger partial charge in [0.25, 0.3) is 0 Å². The molecule has 0 aromatic carbocycles. The van der Waals surface area contributed by atoms with Crippen LogP contribution in [0.4, 0.5) is 0 Å². The van der Waals surface area contributed by atoms with Crippen molar-refractivity contribution in [3.05, 3.63) is 0 Å². The van der Waals surface area contributed by atoms with E-state index in [1.54, 1.807) is 0 Å². The minimum absolute atomic E-state index is 0. The molecule has 1 atom stereocenters. The number of ether oxygens (including phenoxy) is 1. The Morgan fingerprint density at radius 3 is 2.53 bits per heavy atom. The van der Waals surface area contributed by atoms with Crippen LogP contribution in [0.25, 0.3) is 0 Å². The van der Waals surface area contributed by atoms with E-state index in [4.69, 9.17) is 4.74 Å². The summed E-state index contributed by atoms with van der Waals surface area (Å²) in [5, 5.41) is 0. The van der Waals surface area contributed by atoms with Crippen molar-refractivity contribution in [2.24, 2.45) is 0 Å². The van der Waals surface area contributed by atoms with Crippen molar-refractivity contribution in [2.45, 2.75) is 52.1 Å². The van der Waals surface area contributed by atoms with Crippen molar-refractivity contribution < 1.29 is 9.53 Å². The highest BCUT2D eigenvalue weighted by atomic mass is 32.1. The molecular weight excluding hydrogens is 210 g/mol. The predicted molar refractivity (Wildman–Crippen MR) is 66.5 cm³/mol. The normalized spacial score (nSPS) is 22.3. The van der Waals surface area contributed by atoms with Gasteiger partial charge in [0, 0.05) is 5.54 Å². The SMILES string of the molecule is CCOC(=O)[C@@H]1CCCN1C(C)(C)C.S. The van der Waals surface area contributed by atoms with Crippen LogP contribution < -0.4 is 0 Å². The lowest BCUT2D eigenvalue weighted by Gasteiger charge is -2.35. The first kappa shape index (κ1) is 14.8. The summed E-state index contributed by atoms with van der Waals surface area (Å²) in [5.74, 6) is -0.0556. The first-order valence-corrected chi connectivity index (χ1v) is 5.40. The average Bonchev–Trinajstić information content (AvgIpc) is 2.50. The van der Waals surface area contributed by atoms with Gasteiger partial charge in [-0.15, -0.1) is 0 Å². The molecule has 1 fully saturated rings. The van der Waals surface area contributed by atoms with Crippen molar-refractivity contribution in [3.63, 3.8) is 0 Å². The Bertz CT molecular complexity index is 213. The van der Waals surface area contributed by atoms with Crippen LogP contribution in [0.2, 0.25) is 0 Å². The zero-order valence-corrected chi connectivity index (χ0v) is 11.2. The third-order valence-corrected chi connectivity index (χ3v) is 2.67. The van der Waals surface area contributed by atoms with E-state index in [0.717, 1.165) is 19.4 Å². The van der Waals surface area contributed by atoms with E-state index >= 15 is 0 Å². The molecule has 1 aliphatic heterocycles. The molecule has 90 valence electrons. The maximum atomic E-state index is 11.6. The molecule has 0 amide bonds. The average molecular weight is 233 g/mol. The Morgan fingerprint density at radius 1 is 1.47 bits per heavy atom. The summed E-state index contributed by atoms with van der Waals surface area (Å²) in [6, 6.07) is -0.0186. The molecule has 4 heteroatoms. The molecule has 0 spiro atoms. The minimum Gasteiger partial charge on any atom is -0.465 e. The fourth-order valence-corrected chi connectivity index (χ4v) is 2.05. The van der Waals surface area contributed by atoms with E-state index in [1.807, 2.05) is 6.92 Å². The summed E-state index contributed by atoms with van der Waals surface area (Å²) in [6.07, 6.45) is 2.04. The van der Waals surface area contributed by atoms with E-state index in [1.165, 1.54) is 0 Å². The second-order valence-electron chi connectivity index (χ2n) is 4.77. The van der Waals surface area contributed by atoms with E-state index in [2.05, 4.69) is 25.7 Å². The van der Waals surface area contributed by atoms with E-state index in [9.17, 15) is 4.79 Å². The lowest BCUT2D eigenvalue weighted by atomic mass is 10.0. The monoisotopic (exact) mass is 233 g/mol. The van der Waals surface area contributed by atoms with Crippen LogP contribution in [0.15, 0.2) is 0 Å². The molecule has 1 heterocycles. The van der Waals surface area contributed by atoms with Gasteiger partial charge in [-0.3, -0.25) is 9.69 Å². The van der Waals surface area contributed by atoms with Crippen LogP contribution in [0.3, 0.4) is 0 Å². The number of carbonyl (C=O) groups excluding carboxylic acids is 1. The molecule has 1 aliphatic rings. The van der Waals surface area contributed by atoms with E-state index in [0.29, 0.717) is 6.61 Å². The molecule has 3 nitrogen and oxygen atoms in total. The lowest BCUT2D eigenvalue weighted by molar-refractivity contribution is -0.150. The number of likely N-dealkylation sites (tertiary alicyclic amines) is 1. The molecule has 1 saturated heterocycles. The van der Waals surface area contributed by atoms with Gasteiger partial charge in [-0.25, -0.2) is 0 Å². The van der Waals surface area contributed by atoms with Crippen molar-refractivity contribution in [3.8, 4) is 0 Å². The summed E-state index contributed by atoms with van der Waals surface area (Å²) >= 11 is 0. The molecule has 0 aromatic rings. The number of hydrogen-bond donors (Lipinski definition) is 0. The van der Waals surface area contributed by atoms with Crippen molar-refractivity contribution >= 4 is 19.5 Å². The van der Waals surface area contributed by atoms with Gasteiger partial charge in [0.1, 0.15) is 6.04 Å². The number of nitrogens with zero attached hydrogens (tertiary/aromatic N) is 1. The highest BCUT2D eigenvalue weighted by Gasteiger charge is 2.37. The fourth-order valence-electron chi connectivity index (χ4n) is 2.05. The van der Waals surface area contributed by atoms with Gasteiger partial charge in [0.15, 0.2) is 0 Å². The zero-order chi connectivity index (χ0) is 10.8. The Hall–Kier alpha value is -0.220. The second kappa shape index (κ2) is 5.75. The summed E-state index contributed by atoms with van der Waals surface area (Å²) in [5.41, 5.74) is 0.0634. The van der Waals surface area contributed by atoms with Crippen LogP contribution in [0.1, 0.15) is 40.5 Å². The molecule has 0 radical (unpaired) electrons. The van der Waals surface area contributed by atoms with Gasteiger partial charge >= 0.3 is 5.97 Å². The van der Waals surface area contributed by atoms with Crippen LogP contribution in [0, 0.1) is 0 Å². The van der Waals surface area contributed by atoms with Crippen molar-refractivity contribution in [1.82, 2.24) is 4.90 Å². The molecular formula is C11H23NO2S. The number of rotatable bonds is 2. The number of esters is 1. The van der Waals surface area contributed by atoms with E-state index in [-0.39, 0.29) is 31.0 Å². The zero-order valence-electron chi connectivity index (χ0n) is 10.2. The standard InChI is InChI=1S/C11H21NO2.H2S/c1-5-14-10(13)9-7-6-8-12(9)11(2,3)4;/h9H,5-8H2,1-4H3;1H2/t9-;/m0./s1. The molecule has 1 rings (SSSR count). The molecule has 0 bridgehead atoms. The van der Waals surface area contributed by atoms with Gasteiger partial charge < -0.3 is 4.74 Å². The van der Waals surface area contributed by atoms with Gasteiger partial charge in [0.2, 0.25) is 0 Å². The highest BCUT2D eigenvalue weighted by molar-refractivity contribution is 7.59. The minimum atomic E-state index is -0.0556. The summed E-state index contributed by atoms with van der Waals surface area (Å²) in [4.78, 5) is 13.9. The van der Waals surface area contributed by atoms with Gasteiger partial charge in [-0.2, -0.15) is 13.5 Å². The van der Waals surface area contributed by atoms with Crippen molar-refractivity contribution in [1.29, 1.82) is 0 Å². The number of carbonyl (C=O) groups is 1. The molecule has 15 heavy (non-hydrogen) atoms. The van der Waals surface area contributed by atoms with Crippen LogP contribution in [-0.2, 0) is 9.53 Å². The first-order chi connectivity index (χ1) is 6.46. The third-order valence-electron chi connectivity index (χ3n) is 2.67. The Balaban J connectivity index is 0.00000196. The van der Waals surface area contributed by atoms with Crippen LogP contribution in [0.5, 0.6) is 0 Å². The van der Waals surface area contributed by atoms with Crippen molar-refractivity contribution in [2.75, 3.05) is 13.2 Å². The smallest absolute Gasteiger partial charge is 0.323 e. The van der Waals surface area contributed by atoms with Gasteiger partial charge in [-0.05, 0) is 47.1 Å². The van der Waals surface area contributed by atoms with Crippen LogP contribution in [-0.4, -0.2) is 35.6 Å². The highest BCUT2D eigenvalue weighted by Crippen LogP contribution is 2.26. The number of hydrogen-bond acceptors (Lipinski definition) is 3. The summed E-state index contributed by atoms with van der Waals surface area (Å²) in [6.45, 7) is 9.77. The summed E-state index contributed by atoms with van der Waals surface area (Å²) < 4.78 is 5.07. The topological polar surface area (TPSA) is 29.5 Å². The second-order valence-corrected chi connectivity index (χ2v) is 4.77. The van der Waals surface area contributed by atoms with E-state index < -0.39 is 0 Å². The maximum absolute atomic E-state index is 11.6. The Labute approximate surface area is 99.6 Å². The largest absolute Gasteiger partial charge is 0.465 e. The third kappa shape index (κ3) is 3.68.